The molecule has 18 nitrogen and oxygen atoms in total. The summed E-state index contributed by atoms with van der Waals surface area (Å²) in [6.07, 6.45) is 24.4. The van der Waals surface area contributed by atoms with Crippen molar-refractivity contribution in [2.24, 2.45) is 0 Å². The van der Waals surface area contributed by atoms with Gasteiger partial charge in [0.05, 0.1) is 33.9 Å². The molecule has 0 aromatic heterocycles. The molecule has 0 aromatic carbocycles. The zero-order chi connectivity index (χ0) is 62.1. The summed E-state index contributed by atoms with van der Waals surface area (Å²) in [6, 6.07) is 3.94. The minimum Gasteiger partial charge on any atom is -0.398 e. The van der Waals surface area contributed by atoms with Gasteiger partial charge < -0.3 is 80.4 Å². The number of rotatable bonds is 51. The lowest BCUT2D eigenvalue weighted by atomic mass is 10.0. The van der Waals surface area contributed by atoms with E-state index in [-0.39, 0.29) is 26.1 Å². The average molecular weight is 1270 g/mol. The highest BCUT2D eigenvalue weighted by Gasteiger charge is 2.72. The van der Waals surface area contributed by atoms with Gasteiger partial charge in [-0.15, -0.1) is 0 Å². The molecule has 0 saturated carbocycles. The Morgan fingerprint density at radius 2 is 0.600 bits per heavy atom. The van der Waals surface area contributed by atoms with Crippen LogP contribution in [0.4, 0.5) is 4.11 Å². The van der Waals surface area contributed by atoms with E-state index in [4.69, 9.17) is 70.8 Å². The maximum absolute atomic E-state index is 13.3. The number of halogens is 1. The number of nitrogens with zero attached hydrogens (tertiary/aromatic N) is 1. The van der Waals surface area contributed by atoms with Crippen LogP contribution in [0, 0.1) is 0 Å². The molecule has 490 valence electrons. The minimum atomic E-state index is -3.75. The Balaban J connectivity index is -0.000000306. The predicted octanol–water partition coefficient (Wildman–Crippen LogP) is 13.3. The Morgan fingerprint density at radius 3 is 0.800 bits per heavy atom. The first-order valence-corrected chi connectivity index (χ1v) is 43.3. The van der Waals surface area contributed by atoms with Crippen LogP contribution in [0.2, 0.25) is 24.2 Å². The van der Waals surface area contributed by atoms with Gasteiger partial charge in [-0.25, -0.2) is 4.11 Å². The van der Waals surface area contributed by atoms with E-state index in [2.05, 4.69) is 41.9 Å². The van der Waals surface area contributed by atoms with Crippen LogP contribution in [0.15, 0.2) is 0 Å². The molecule has 25 heteroatoms. The average Bonchev–Trinajstić information content (AvgIpc) is 3.43. The summed E-state index contributed by atoms with van der Waals surface area (Å²) in [4.78, 5) is 0. The van der Waals surface area contributed by atoms with Gasteiger partial charge in [0.25, 0.3) is 0 Å². The highest BCUT2D eigenvalue weighted by atomic mass is 29.3. The molecule has 0 aliphatic rings. The van der Waals surface area contributed by atoms with Gasteiger partial charge in [-0.3, -0.25) is 0 Å². The van der Waals surface area contributed by atoms with Gasteiger partial charge in [-0.05, 0) is 86.9 Å². The summed E-state index contributed by atoms with van der Waals surface area (Å²) in [7, 11) is 2.05. The third kappa shape index (κ3) is 44.0. The minimum absolute atomic E-state index is 0.0682. The van der Waals surface area contributed by atoms with Gasteiger partial charge in [0.2, 0.25) is 0 Å². The van der Waals surface area contributed by atoms with Crippen LogP contribution in [0.25, 0.3) is 0 Å². The van der Waals surface area contributed by atoms with Crippen LogP contribution in [0.3, 0.4) is 0 Å². The van der Waals surface area contributed by atoms with Crippen LogP contribution >= 0.6 is 0 Å². The molecular weight excluding hydrogens is 1130 g/mol. The van der Waals surface area contributed by atoms with Crippen LogP contribution < -0.4 is 0 Å². The fourth-order valence-corrected chi connectivity index (χ4v) is 25.1. The zero-order valence-electron chi connectivity index (χ0n) is 56.1. The molecule has 0 amide bonds. The summed E-state index contributed by atoms with van der Waals surface area (Å²) < 4.78 is 101. The normalized spacial score (nSPS) is 12.4. The Bertz CT molecular complexity index is 1150. The number of hydrogen-bond donors (Lipinski definition) is 1. The third-order valence-electron chi connectivity index (χ3n) is 12.9. The van der Waals surface area contributed by atoms with Gasteiger partial charge in [-0.1, -0.05) is 130 Å². The molecule has 0 aliphatic carbocycles. The highest BCUT2D eigenvalue weighted by molar-refractivity contribution is 7.26. The lowest BCUT2D eigenvalue weighted by Crippen LogP contribution is -2.74. The maximum Gasteiger partial charge on any atom is 0.720 e. The van der Waals surface area contributed by atoms with E-state index in [0.717, 1.165) is 41.5 Å². The second kappa shape index (κ2) is 58.5. The van der Waals surface area contributed by atoms with E-state index in [1.807, 2.05) is 41.5 Å². The topological polar surface area (TPSA) is 168 Å². The Hall–Kier alpha value is 0.511. The first kappa shape index (κ1) is 89.3. The highest BCUT2D eigenvalue weighted by Crippen LogP contribution is 2.28. The largest absolute Gasteiger partial charge is 0.720 e. The van der Waals surface area contributed by atoms with Gasteiger partial charge in [0.15, 0.2) is 0 Å². The van der Waals surface area contributed by atoms with Crippen LogP contribution in [0.5, 0.6) is 0 Å². The van der Waals surface area contributed by atoms with E-state index in [1.165, 1.54) is 109 Å². The van der Waals surface area contributed by atoms with Crippen LogP contribution in [-0.2, 0) is 70.8 Å². The molecule has 0 aliphatic heterocycles. The molecule has 0 saturated heterocycles. The lowest BCUT2D eigenvalue weighted by Gasteiger charge is -2.39. The van der Waals surface area contributed by atoms with Crippen molar-refractivity contribution in [3.05, 3.63) is 0 Å². The molecule has 0 heterocycles. The van der Waals surface area contributed by atoms with Crippen LogP contribution in [-0.4, -0.2) is 204 Å². The monoisotopic (exact) mass is 1270 g/mol. The third-order valence-corrected chi connectivity index (χ3v) is 34.1. The van der Waals surface area contributed by atoms with E-state index in [9.17, 15) is 9.21 Å². The van der Waals surface area contributed by atoms with E-state index >= 15 is 0 Å². The molecule has 0 bridgehead atoms. The second-order valence-electron chi connectivity index (χ2n) is 19.9. The van der Waals surface area contributed by atoms with Gasteiger partial charge in [0.1, 0.15) is 0 Å². The fourth-order valence-electron chi connectivity index (χ4n) is 8.44. The van der Waals surface area contributed by atoms with Crippen molar-refractivity contribution < 1.29 is 84.5 Å². The van der Waals surface area contributed by atoms with Crippen molar-refractivity contribution in [3.8, 4) is 0 Å². The number of aliphatic hydroxyl groups is 1. The van der Waals surface area contributed by atoms with Crippen LogP contribution in [0.1, 0.15) is 199 Å². The lowest BCUT2D eigenvalue weighted by molar-refractivity contribution is -0.870. The first-order valence-electron chi connectivity index (χ1n) is 30.9. The molecule has 1 N–H and O–H groups in total. The van der Waals surface area contributed by atoms with Crippen molar-refractivity contribution in [1.29, 1.82) is 0 Å². The van der Waals surface area contributed by atoms with E-state index < -0.39 is 51.7 Å². The van der Waals surface area contributed by atoms with Gasteiger partial charge in [0, 0.05) is 115 Å². The Morgan fingerprint density at radius 1 is 0.325 bits per heavy atom. The molecule has 0 radical (unpaired) electrons. The molecule has 0 fully saturated rings. The number of unbranched alkanes of at least 4 members (excludes halogenated alkanes) is 15. The van der Waals surface area contributed by atoms with Crippen molar-refractivity contribution in [1.82, 2.24) is 0 Å². The number of aliphatic hydroxyl groups excluding tert-OH is 1. The van der Waals surface area contributed by atoms with E-state index in [1.54, 1.807) is 70.5 Å². The summed E-state index contributed by atoms with van der Waals surface area (Å²) in [5, 5.41) is 9.41. The Kier molecular flexibility index (Phi) is 65.3. The van der Waals surface area contributed by atoms with Gasteiger partial charge in [-0.2, -0.15) is 0 Å². The standard InChI is InChI=1S/C21H46O3Si.C12H30O6Si2.C10H26NO2Si.C6H15FO3Si.C6H16O3Si/c1-4-5-6-7-8-9-10-11-12-13-14-15-16-17-18-19-20-25(21-22,23-2)24-3;1-7-13-19(14-8-2,15-9-3)20(16-10-4,17-11-5)18-12-6;1-7-14(12-5,13-6)10-8-9-11(2,3)4;1-4-8-11(7,9-5-2)10-6-3;1-5-6-10(7-2,8-3)9-4/h22H,4-21H2,1-3H3;7-12H2,1-6H3;7-10H2,1-6H3;4-6H2,1-3H3;5-6H2,1-4H3/q;;+1;;. The van der Waals surface area contributed by atoms with Crippen molar-refractivity contribution in [3.63, 3.8) is 0 Å². The molecule has 80 heavy (non-hydrogen) atoms. The number of quaternary nitrogens is 1. The summed E-state index contributed by atoms with van der Waals surface area (Å²) >= 11 is 0. The molecule has 0 atom stereocenters. The van der Waals surface area contributed by atoms with Crippen molar-refractivity contribution >= 4 is 51.7 Å². The molecule has 0 unspecified atom stereocenters. The molecule has 0 spiro atoms. The first-order chi connectivity index (χ1) is 38.2. The molecular formula is C55H133FNO17Si6+. The summed E-state index contributed by atoms with van der Waals surface area (Å²) in [6.45, 7) is 27.9. The number of hydrogen-bond acceptors (Lipinski definition) is 17. The van der Waals surface area contributed by atoms with Crippen molar-refractivity contribution in [2.45, 2.75) is 223 Å². The predicted molar refractivity (Wildman–Crippen MR) is 339 cm³/mol. The maximum atomic E-state index is 13.3. The smallest absolute Gasteiger partial charge is 0.398 e. The fraction of sp³-hybridized carbons (Fsp3) is 1.00. The molecule has 0 aromatic rings. The van der Waals surface area contributed by atoms with Gasteiger partial charge >= 0.3 is 51.7 Å². The quantitative estimate of drug-likeness (QED) is 0.0264. The zero-order valence-corrected chi connectivity index (χ0v) is 62.1. The SMILES string of the molecule is CCCCCCCCCCCCCCCCCC[Si](CO)(OC)OC.CCC[Si](OC)(OC)OC.CCO[Si](F)(OCC)OCC.CCO[Si](OCC)(OCC)[Si](OCC)(OCC)OCC.CC[Si](CCC[N+](C)(C)C)(OC)OC. The van der Waals surface area contributed by atoms with E-state index in [0.29, 0.717) is 39.6 Å². The molecule has 0 rings (SSSR count). The Labute approximate surface area is 499 Å². The van der Waals surface area contributed by atoms with Crippen molar-refractivity contribution in [2.75, 3.05) is 143 Å². The summed E-state index contributed by atoms with van der Waals surface area (Å²) in [5.74, 6) is 0. The summed E-state index contributed by atoms with van der Waals surface area (Å²) in [5.41, 5.74) is 0. The second-order valence-corrected chi connectivity index (χ2v) is 39.7.